The Morgan fingerprint density at radius 3 is 3.07 bits per heavy atom. The molecule has 0 unspecified atom stereocenters. The van der Waals surface area contributed by atoms with Crippen LogP contribution in [-0.4, -0.2) is 20.8 Å². The lowest BCUT2D eigenvalue weighted by atomic mass is 10.4. The van der Waals surface area contributed by atoms with Gasteiger partial charge >= 0.3 is 0 Å². The van der Waals surface area contributed by atoms with Crippen LogP contribution in [0.2, 0.25) is 0 Å². The van der Waals surface area contributed by atoms with E-state index in [-0.39, 0.29) is 0 Å². The summed E-state index contributed by atoms with van der Waals surface area (Å²) in [5.41, 5.74) is 1.83. The van der Waals surface area contributed by atoms with Crippen LogP contribution in [0.15, 0.2) is 18.5 Å². The first-order chi connectivity index (χ1) is 6.90. The summed E-state index contributed by atoms with van der Waals surface area (Å²) in [6.07, 6.45) is 6.54. The molecule has 0 amide bonds. The van der Waals surface area contributed by atoms with E-state index in [1.54, 1.807) is 12.4 Å². The van der Waals surface area contributed by atoms with Crippen LogP contribution < -0.4 is 0 Å². The molecule has 1 aliphatic rings. The number of pyridine rings is 1. The fourth-order valence-electron chi connectivity index (χ4n) is 1.77. The Hall–Kier alpha value is -1.71. The molecule has 14 heavy (non-hydrogen) atoms. The molecule has 4 heteroatoms. The molecule has 70 valence electrons. The van der Waals surface area contributed by atoms with Gasteiger partial charge in [0.15, 0.2) is 12.1 Å². The van der Waals surface area contributed by atoms with Gasteiger partial charge in [0.25, 0.3) is 0 Å². The SMILES string of the molecule is O=Cc1nc2cnccc2n1C1CC1. The van der Waals surface area contributed by atoms with Crippen molar-refractivity contribution in [2.75, 3.05) is 0 Å². The Kier molecular flexibility index (Phi) is 1.45. The zero-order valence-corrected chi connectivity index (χ0v) is 7.55. The number of rotatable bonds is 2. The third-order valence-electron chi connectivity index (χ3n) is 2.54. The Bertz CT molecular complexity index is 499. The molecule has 1 saturated carbocycles. The predicted molar refractivity (Wildman–Crippen MR) is 51.2 cm³/mol. The number of hydrogen-bond acceptors (Lipinski definition) is 3. The molecule has 1 fully saturated rings. The Morgan fingerprint density at radius 1 is 1.50 bits per heavy atom. The first-order valence-corrected chi connectivity index (χ1v) is 4.67. The van der Waals surface area contributed by atoms with Gasteiger partial charge in [0.2, 0.25) is 0 Å². The summed E-state index contributed by atoms with van der Waals surface area (Å²) in [5, 5.41) is 0. The first kappa shape index (κ1) is 7.67. The third kappa shape index (κ3) is 0.968. The number of hydrogen-bond donors (Lipinski definition) is 0. The van der Waals surface area contributed by atoms with Gasteiger partial charge in [0.1, 0.15) is 5.52 Å². The molecule has 2 heterocycles. The maximum absolute atomic E-state index is 10.8. The van der Waals surface area contributed by atoms with Gasteiger partial charge in [0, 0.05) is 12.2 Å². The minimum atomic E-state index is 0.475. The number of aldehydes is 1. The van der Waals surface area contributed by atoms with E-state index in [0.717, 1.165) is 30.2 Å². The van der Waals surface area contributed by atoms with Crippen molar-refractivity contribution in [3.05, 3.63) is 24.3 Å². The summed E-state index contributed by atoms with van der Waals surface area (Å²) in [4.78, 5) is 19.0. The normalized spacial score (nSPS) is 16.0. The Balaban J connectivity index is 2.35. The highest BCUT2D eigenvalue weighted by Crippen LogP contribution is 2.38. The number of carbonyl (C=O) groups excluding carboxylic acids is 1. The maximum Gasteiger partial charge on any atom is 0.185 e. The summed E-state index contributed by atoms with van der Waals surface area (Å²) >= 11 is 0. The summed E-state index contributed by atoms with van der Waals surface area (Å²) in [7, 11) is 0. The number of aromatic nitrogens is 3. The largest absolute Gasteiger partial charge is 0.319 e. The van der Waals surface area contributed by atoms with Crippen LogP contribution in [0.25, 0.3) is 11.0 Å². The fourth-order valence-corrected chi connectivity index (χ4v) is 1.77. The summed E-state index contributed by atoms with van der Waals surface area (Å²) in [5.74, 6) is 0.524. The molecule has 0 aromatic carbocycles. The van der Waals surface area contributed by atoms with E-state index in [1.165, 1.54) is 0 Å². The Morgan fingerprint density at radius 2 is 2.36 bits per heavy atom. The first-order valence-electron chi connectivity index (χ1n) is 4.67. The van der Waals surface area contributed by atoms with Gasteiger partial charge in [-0.05, 0) is 18.9 Å². The Labute approximate surface area is 80.6 Å². The van der Waals surface area contributed by atoms with Gasteiger partial charge in [0.05, 0.1) is 11.7 Å². The molecule has 4 nitrogen and oxygen atoms in total. The van der Waals surface area contributed by atoms with Crippen molar-refractivity contribution in [3.63, 3.8) is 0 Å². The second kappa shape index (κ2) is 2.64. The molecular weight excluding hydrogens is 178 g/mol. The van der Waals surface area contributed by atoms with Crippen LogP contribution in [0.4, 0.5) is 0 Å². The molecule has 0 radical (unpaired) electrons. The lowest BCUT2D eigenvalue weighted by Gasteiger charge is -2.01. The van der Waals surface area contributed by atoms with Crippen LogP contribution in [0.1, 0.15) is 29.5 Å². The topological polar surface area (TPSA) is 47.8 Å². The van der Waals surface area contributed by atoms with Gasteiger partial charge in [-0.2, -0.15) is 0 Å². The van der Waals surface area contributed by atoms with E-state index in [4.69, 9.17) is 0 Å². The molecule has 0 spiro atoms. The molecule has 2 aromatic rings. The molecule has 0 atom stereocenters. The molecule has 0 aliphatic heterocycles. The molecule has 0 bridgehead atoms. The van der Waals surface area contributed by atoms with Crippen LogP contribution >= 0.6 is 0 Å². The predicted octanol–water partition coefficient (Wildman–Crippen LogP) is 1.58. The van der Waals surface area contributed by atoms with E-state index in [9.17, 15) is 4.79 Å². The average Bonchev–Trinajstić information content (AvgIpc) is 2.98. The third-order valence-corrected chi connectivity index (χ3v) is 2.54. The van der Waals surface area contributed by atoms with Gasteiger partial charge in [-0.3, -0.25) is 9.78 Å². The van der Waals surface area contributed by atoms with Crippen LogP contribution in [0.3, 0.4) is 0 Å². The monoisotopic (exact) mass is 187 g/mol. The number of fused-ring (bicyclic) bond motifs is 1. The van der Waals surface area contributed by atoms with E-state index >= 15 is 0 Å². The second-order valence-corrected chi connectivity index (χ2v) is 3.55. The van der Waals surface area contributed by atoms with Crippen molar-refractivity contribution in [1.29, 1.82) is 0 Å². The standard InChI is InChI=1S/C10H9N3O/c14-6-10-12-8-5-11-4-3-9(8)13(10)7-1-2-7/h3-7H,1-2H2. The van der Waals surface area contributed by atoms with Crippen molar-refractivity contribution in [2.45, 2.75) is 18.9 Å². The second-order valence-electron chi connectivity index (χ2n) is 3.55. The van der Waals surface area contributed by atoms with Crippen molar-refractivity contribution < 1.29 is 4.79 Å². The van der Waals surface area contributed by atoms with Gasteiger partial charge in [-0.25, -0.2) is 4.98 Å². The summed E-state index contributed by atoms with van der Waals surface area (Å²) in [6.45, 7) is 0. The molecule has 0 saturated heterocycles. The minimum Gasteiger partial charge on any atom is -0.319 e. The highest BCUT2D eigenvalue weighted by atomic mass is 16.1. The maximum atomic E-state index is 10.8. The van der Waals surface area contributed by atoms with Crippen molar-refractivity contribution in [2.24, 2.45) is 0 Å². The lowest BCUT2D eigenvalue weighted by molar-refractivity contribution is 0.111. The molecule has 3 rings (SSSR count). The number of nitrogens with zero attached hydrogens (tertiary/aromatic N) is 3. The van der Waals surface area contributed by atoms with E-state index in [2.05, 4.69) is 9.97 Å². The summed E-state index contributed by atoms with van der Waals surface area (Å²) < 4.78 is 2.02. The minimum absolute atomic E-state index is 0.475. The number of imidazole rings is 1. The van der Waals surface area contributed by atoms with E-state index in [0.29, 0.717) is 11.9 Å². The van der Waals surface area contributed by atoms with Gasteiger partial charge < -0.3 is 4.57 Å². The highest BCUT2D eigenvalue weighted by Gasteiger charge is 2.27. The van der Waals surface area contributed by atoms with Crippen molar-refractivity contribution >= 4 is 17.3 Å². The smallest absolute Gasteiger partial charge is 0.185 e. The van der Waals surface area contributed by atoms with Gasteiger partial charge in [-0.1, -0.05) is 0 Å². The fraction of sp³-hybridized carbons (Fsp3) is 0.300. The highest BCUT2D eigenvalue weighted by molar-refractivity contribution is 5.82. The van der Waals surface area contributed by atoms with Crippen LogP contribution in [0, 0.1) is 0 Å². The molecular formula is C10H9N3O. The zero-order chi connectivity index (χ0) is 9.54. The lowest BCUT2D eigenvalue weighted by Crippen LogP contribution is -1.99. The van der Waals surface area contributed by atoms with Crippen LogP contribution in [-0.2, 0) is 0 Å². The van der Waals surface area contributed by atoms with Crippen LogP contribution in [0.5, 0.6) is 0 Å². The molecule has 0 N–H and O–H groups in total. The van der Waals surface area contributed by atoms with E-state index < -0.39 is 0 Å². The average molecular weight is 187 g/mol. The van der Waals surface area contributed by atoms with Crippen molar-refractivity contribution in [1.82, 2.24) is 14.5 Å². The van der Waals surface area contributed by atoms with E-state index in [1.807, 2.05) is 10.6 Å². The number of carbonyl (C=O) groups is 1. The molecule has 1 aliphatic carbocycles. The zero-order valence-electron chi connectivity index (χ0n) is 7.55. The van der Waals surface area contributed by atoms with Crippen molar-refractivity contribution in [3.8, 4) is 0 Å². The molecule has 2 aromatic heterocycles. The quantitative estimate of drug-likeness (QED) is 0.670. The summed E-state index contributed by atoms with van der Waals surface area (Å²) in [6, 6.07) is 2.38. The van der Waals surface area contributed by atoms with Gasteiger partial charge in [-0.15, -0.1) is 0 Å².